The van der Waals surface area contributed by atoms with E-state index < -0.39 is 10.0 Å². The number of hydrogen-bond acceptors (Lipinski definition) is 5. The predicted octanol–water partition coefficient (Wildman–Crippen LogP) is 2.80. The monoisotopic (exact) mass is 347 g/mol. The Balaban J connectivity index is 1.84. The lowest BCUT2D eigenvalue weighted by Crippen LogP contribution is -2.40. The summed E-state index contributed by atoms with van der Waals surface area (Å²) in [6, 6.07) is 9.41. The van der Waals surface area contributed by atoms with E-state index in [1.165, 1.54) is 0 Å². The highest BCUT2D eigenvalue weighted by Gasteiger charge is 2.31. The lowest BCUT2D eigenvalue weighted by Gasteiger charge is -2.31. The lowest BCUT2D eigenvalue weighted by atomic mass is 9.96. The first-order chi connectivity index (χ1) is 11.6. The summed E-state index contributed by atoms with van der Waals surface area (Å²) in [6.45, 7) is 2.67. The Morgan fingerprint density at radius 2 is 1.96 bits per heavy atom. The van der Waals surface area contributed by atoms with Crippen LogP contribution in [-0.4, -0.2) is 41.5 Å². The van der Waals surface area contributed by atoms with E-state index in [2.05, 4.69) is 9.97 Å². The molecule has 0 aliphatic carbocycles. The highest BCUT2D eigenvalue weighted by Crippen LogP contribution is 2.33. The first-order valence-electron chi connectivity index (χ1n) is 8.12. The minimum absolute atomic E-state index is 0.00696. The van der Waals surface area contributed by atoms with Crippen molar-refractivity contribution in [1.82, 2.24) is 14.3 Å². The number of nitrogens with zero attached hydrogens (tertiary/aromatic N) is 3. The minimum atomic E-state index is -3.19. The topological polar surface area (TPSA) is 72.4 Å². The molecule has 0 radical (unpaired) electrons. The summed E-state index contributed by atoms with van der Waals surface area (Å²) in [6.07, 6.45) is 4.90. The van der Waals surface area contributed by atoms with E-state index in [-0.39, 0.29) is 11.7 Å². The molecule has 7 heteroatoms. The van der Waals surface area contributed by atoms with Gasteiger partial charge in [0, 0.05) is 31.4 Å². The van der Waals surface area contributed by atoms with E-state index >= 15 is 0 Å². The molecule has 1 unspecified atom stereocenters. The number of para-hydroxylation sites is 1. The Hall–Kier alpha value is -1.99. The van der Waals surface area contributed by atoms with Crippen molar-refractivity contribution in [3.05, 3.63) is 48.4 Å². The van der Waals surface area contributed by atoms with Crippen LogP contribution in [0.5, 0.6) is 11.6 Å². The van der Waals surface area contributed by atoms with Crippen molar-refractivity contribution in [2.75, 3.05) is 18.8 Å². The van der Waals surface area contributed by atoms with Crippen LogP contribution in [0.25, 0.3) is 0 Å². The third-order valence-electron chi connectivity index (χ3n) is 4.18. The fourth-order valence-corrected chi connectivity index (χ4v) is 4.08. The average molecular weight is 347 g/mol. The standard InChI is InChI=1S/C17H21N3O3S/c1-2-24(21,22)20-12-6-7-14(13-20)16-17(19-11-10-18-16)23-15-8-4-3-5-9-15/h3-5,8-11,14H,2,6-7,12-13H2,1H3. The Kier molecular flexibility index (Phi) is 5.11. The third-order valence-corrected chi connectivity index (χ3v) is 6.03. The lowest BCUT2D eigenvalue weighted by molar-refractivity contribution is 0.306. The van der Waals surface area contributed by atoms with Crippen LogP contribution in [0.3, 0.4) is 0 Å². The van der Waals surface area contributed by atoms with Crippen LogP contribution >= 0.6 is 0 Å². The molecule has 0 N–H and O–H groups in total. The number of sulfonamides is 1. The molecule has 1 aromatic carbocycles. The fraction of sp³-hybridized carbons (Fsp3) is 0.412. The number of ether oxygens (including phenoxy) is 1. The molecule has 2 heterocycles. The van der Waals surface area contributed by atoms with Crippen molar-refractivity contribution in [1.29, 1.82) is 0 Å². The van der Waals surface area contributed by atoms with E-state index in [1.807, 2.05) is 30.3 Å². The number of benzene rings is 1. The molecule has 0 bridgehead atoms. The Morgan fingerprint density at radius 1 is 1.21 bits per heavy atom. The van der Waals surface area contributed by atoms with Crippen LogP contribution < -0.4 is 4.74 Å². The summed E-state index contributed by atoms with van der Waals surface area (Å²) in [5.74, 6) is 1.25. The SMILES string of the molecule is CCS(=O)(=O)N1CCCC(c2nccnc2Oc2ccccc2)C1. The van der Waals surface area contributed by atoms with E-state index in [4.69, 9.17) is 4.74 Å². The van der Waals surface area contributed by atoms with Gasteiger partial charge < -0.3 is 4.74 Å². The summed E-state index contributed by atoms with van der Waals surface area (Å²) in [7, 11) is -3.19. The normalized spacial score (nSPS) is 19.1. The fourth-order valence-electron chi connectivity index (χ4n) is 2.90. The Morgan fingerprint density at radius 3 is 2.71 bits per heavy atom. The number of aromatic nitrogens is 2. The van der Waals surface area contributed by atoms with Gasteiger partial charge in [0.15, 0.2) is 0 Å². The zero-order chi connectivity index (χ0) is 17.0. The van der Waals surface area contributed by atoms with Crippen LogP contribution in [0.4, 0.5) is 0 Å². The van der Waals surface area contributed by atoms with Gasteiger partial charge in [-0.15, -0.1) is 0 Å². The maximum atomic E-state index is 12.2. The van der Waals surface area contributed by atoms with Crippen molar-refractivity contribution < 1.29 is 13.2 Å². The molecule has 128 valence electrons. The third kappa shape index (κ3) is 3.73. The van der Waals surface area contributed by atoms with E-state index in [0.717, 1.165) is 18.5 Å². The van der Waals surface area contributed by atoms with Crippen LogP contribution in [0.2, 0.25) is 0 Å². The molecule has 1 atom stereocenters. The number of hydrogen-bond donors (Lipinski definition) is 0. The van der Waals surface area contributed by atoms with Crippen LogP contribution in [-0.2, 0) is 10.0 Å². The van der Waals surface area contributed by atoms with Crippen molar-refractivity contribution in [3.8, 4) is 11.6 Å². The number of piperidine rings is 1. The van der Waals surface area contributed by atoms with Crippen molar-refractivity contribution in [3.63, 3.8) is 0 Å². The molecule has 2 aromatic rings. The smallest absolute Gasteiger partial charge is 0.241 e. The molecule has 3 rings (SSSR count). The van der Waals surface area contributed by atoms with E-state index in [9.17, 15) is 8.42 Å². The second-order valence-corrected chi connectivity index (χ2v) is 8.02. The molecule has 1 fully saturated rings. The zero-order valence-corrected chi connectivity index (χ0v) is 14.4. The van der Waals surface area contributed by atoms with Crippen LogP contribution in [0.15, 0.2) is 42.7 Å². The Labute approximate surface area is 142 Å². The molecule has 1 aliphatic heterocycles. The zero-order valence-electron chi connectivity index (χ0n) is 13.6. The number of rotatable bonds is 5. The molecule has 24 heavy (non-hydrogen) atoms. The first-order valence-corrected chi connectivity index (χ1v) is 9.72. The van der Waals surface area contributed by atoms with Gasteiger partial charge in [0.1, 0.15) is 11.4 Å². The molecule has 1 saturated heterocycles. The van der Waals surface area contributed by atoms with Gasteiger partial charge in [0.2, 0.25) is 15.9 Å². The maximum Gasteiger partial charge on any atom is 0.241 e. The molecule has 1 aliphatic rings. The summed E-state index contributed by atoms with van der Waals surface area (Å²) in [5, 5.41) is 0. The minimum Gasteiger partial charge on any atom is -0.437 e. The van der Waals surface area contributed by atoms with Crippen molar-refractivity contribution >= 4 is 10.0 Å². The van der Waals surface area contributed by atoms with E-state index in [0.29, 0.717) is 24.7 Å². The van der Waals surface area contributed by atoms with Gasteiger partial charge in [-0.3, -0.25) is 4.98 Å². The quantitative estimate of drug-likeness (QED) is 0.831. The predicted molar refractivity (Wildman–Crippen MR) is 91.6 cm³/mol. The van der Waals surface area contributed by atoms with Gasteiger partial charge in [-0.05, 0) is 31.9 Å². The molecule has 1 aromatic heterocycles. The summed E-state index contributed by atoms with van der Waals surface area (Å²) >= 11 is 0. The van der Waals surface area contributed by atoms with Crippen molar-refractivity contribution in [2.45, 2.75) is 25.7 Å². The van der Waals surface area contributed by atoms with Crippen LogP contribution in [0, 0.1) is 0 Å². The Bertz CT molecular complexity index is 781. The first kappa shape index (κ1) is 16.9. The van der Waals surface area contributed by atoms with Gasteiger partial charge >= 0.3 is 0 Å². The summed E-state index contributed by atoms with van der Waals surface area (Å²) in [4.78, 5) is 8.74. The van der Waals surface area contributed by atoms with Crippen molar-refractivity contribution in [2.24, 2.45) is 0 Å². The highest BCUT2D eigenvalue weighted by molar-refractivity contribution is 7.89. The van der Waals surface area contributed by atoms with E-state index in [1.54, 1.807) is 23.6 Å². The second kappa shape index (κ2) is 7.27. The van der Waals surface area contributed by atoms with Gasteiger partial charge in [0.05, 0.1) is 5.75 Å². The van der Waals surface area contributed by atoms with Gasteiger partial charge in [-0.2, -0.15) is 0 Å². The molecular formula is C17H21N3O3S. The van der Waals surface area contributed by atoms with Gasteiger partial charge in [0.25, 0.3) is 0 Å². The largest absolute Gasteiger partial charge is 0.437 e. The second-order valence-electron chi connectivity index (χ2n) is 5.76. The maximum absolute atomic E-state index is 12.2. The van der Waals surface area contributed by atoms with Gasteiger partial charge in [-0.25, -0.2) is 17.7 Å². The molecule has 6 nitrogen and oxygen atoms in total. The van der Waals surface area contributed by atoms with Gasteiger partial charge in [-0.1, -0.05) is 18.2 Å². The molecule has 0 saturated carbocycles. The van der Waals surface area contributed by atoms with Crippen LogP contribution in [0.1, 0.15) is 31.4 Å². The molecule has 0 spiro atoms. The summed E-state index contributed by atoms with van der Waals surface area (Å²) in [5.41, 5.74) is 0.720. The molecular weight excluding hydrogens is 326 g/mol. The summed E-state index contributed by atoms with van der Waals surface area (Å²) < 4.78 is 31.8. The highest BCUT2D eigenvalue weighted by atomic mass is 32.2. The molecule has 0 amide bonds. The average Bonchev–Trinajstić information content (AvgIpc) is 2.63.